The van der Waals surface area contributed by atoms with Crippen LogP contribution < -0.4 is 10.2 Å². The highest BCUT2D eigenvalue weighted by molar-refractivity contribution is 7.85. The predicted octanol–water partition coefficient (Wildman–Crippen LogP) is 1.59. The van der Waals surface area contributed by atoms with Crippen LogP contribution in [0.3, 0.4) is 0 Å². The van der Waals surface area contributed by atoms with Crippen molar-refractivity contribution in [2.45, 2.75) is 4.90 Å². The van der Waals surface area contributed by atoms with Crippen LogP contribution in [-0.4, -0.2) is 65.6 Å². The molecule has 2 aromatic rings. The van der Waals surface area contributed by atoms with Gasteiger partial charge in [-0.1, -0.05) is 24.3 Å². The van der Waals surface area contributed by atoms with Gasteiger partial charge in [0.25, 0.3) is 0 Å². The third kappa shape index (κ3) is 4.82. The zero-order valence-corrected chi connectivity index (χ0v) is 15.9. The highest BCUT2D eigenvalue weighted by Crippen LogP contribution is 2.12. The summed E-state index contributed by atoms with van der Waals surface area (Å²) in [4.78, 5) is 14.2. The number of hydrogen-bond donors (Lipinski definition) is 1. The van der Waals surface area contributed by atoms with E-state index in [1.807, 2.05) is 54.7 Å². The number of aromatic nitrogens is 1. The highest BCUT2D eigenvalue weighted by Gasteiger charge is 2.20. The van der Waals surface area contributed by atoms with E-state index < -0.39 is 10.8 Å². The maximum absolute atomic E-state index is 12.3. The lowest BCUT2D eigenvalue weighted by atomic mass is 10.3. The fourth-order valence-electron chi connectivity index (χ4n) is 2.97. The monoisotopic (exact) mass is 371 g/mol. The lowest BCUT2D eigenvalue weighted by molar-refractivity contribution is 0.372. The summed E-state index contributed by atoms with van der Waals surface area (Å²) in [5.74, 6) is 2.46. The van der Waals surface area contributed by atoms with Gasteiger partial charge in [-0.2, -0.15) is 0 Å². The van der Waals surface area contributed by atoms with E-state index in [4.69, 9.17) is 0 Å². The average Bonchev–Trinajstić information content (AvgIpc) is 2.72. The molecule has 1 aliphatic rings. The highest BCUT2D eigenvalue weighted by atomic mass is 32.2. The largest absolute Gasteiger partial charge is 0.355 e. The van der Waals surface area contributed by atoms with Crippen LogP contribution in [0.15, 0.2) is 64.6 Å². The molecule has 0 spiro atoms. The van der Waals surface area contributed by atoms with Gasteiger partial charge in [-0.15, -0.1) is 0 Å². The molecule has 0 aliphatic carbocycles. The van der Waals surface area contributed by atoms with Crippen LogP contribution >= 0.6 is 0 Å². The van der Waals surface area contributed by atoms with E-state index in [1.54, 1.807) is 7.05 Å². The third-order valence-corrected chi connectivity index (χ3v) is 5.71. The van der Waals surface area contributed by atoms with Gasteiger partial charge < -0.3 is 15.1 Å². The van der Waals surface area contributed by atoms with E-state index in [-0.39, 0.29) is 0 Å². The van der Waals surface area contributed by atoms with Gasteiger partial charge in [0.1, 0.15) is 5.82 Å². The lowest BCUT2D eigenvalue weighted by Gasteiger charge is -2.37. The second kappa shape index (κ2) is 9.33. The van der Waals surface area contributed by atoms with E-state index in [9.17, 15) is 4.21 Å². The zero-order valence-electron chi connectivity index (χ0n) is 15.0. The molecule has 2 heterocycles. The van der Waals surface area contributed by atoms with Crippen LogP contribution in [0.25, 0.3) is 0 Å². The molecule has 1 aromatic heterocycles. The minimum atomic E-state index is -0.990. The first-order valence-corrected chi connectivity index (χ1v) is 10.1. The Morgan fingerprint density at radius 2 is 1.85 bits per heavy atom. The van der Waals surface area contributed by atoms with E-state index in [0.717, 1.165) is 42.9 Å². The number of hydrogen-bond acceptors (Lipinski definition) is 4. The van der Waals surface area contributed by atoms with Crippen molar-refractivity contribution in [2.24, 2.45) is 4.99 Å². The number of anilines is 1. The van der Waals surface area contributed by atoms with Crippen LogP contribution in [0.5, 0.6) is 0 Å². The Morgan fingerprint density at radius 1 is 1.12 bits per heavy atom. The molecular formula is C19H25N5OS. The van der Waals surface area contributed by atoms with Crippen LogP contribution in [-0.2, 0) is 10.8 Å². The van der Waals surface area contributed by atoms with E-state index in [2.05, 4.69) is 25.1 Å². The summed E-state index contributed by atoms with van der Waals surface area (Å²) in [5.41, 5.74) is 0. The fraction of sp³-hybridized carbons (Fsp3) is 0.368. The van der Waals surface area contributed by atoms with Crippen molar-refractivity contribution in [2.75, 3.05) is 50.4 Å². The van der Waals surface area contributed by atoms with Gasteiger partial charge in [0.05, 0.1) is 10.8 Å². The van der Waals surface area contributed by atoms with E-state index in [1.165, 1.54) is 0 Å². The van der Waals surface area contributed by atoms with Crippen LogP contribution in [0.1, 0.15) is 0 Å². The van der Waals surface area contributed by atoms with Gasteiger partial charge in [-0.3, -0.25) is 9.20 Å². The normalized spacial score (nSPS) is 16.4. The van der Waals surface area contributed by atoms with E-state index >= 15 is 0 Å². The number of benzene rings is 1. The quantitative estimate of drug-likeness (QED) is 0.639. The molecule has 0 bridgehead atoms. The lowest BCUT2D eigenvalue weighted by Crippen LogP contribution is -2.53. The van der Waals surface area contributed by atoms with Crippen molar-refractivity contribution >= 4 is 22.6 Å². The molecule has 1 saturated heterocycles. The van der Waals surface area contributed by atoms with E-state index in [0.29, 0.717) is 12.3 Å². The van der Waals surface area contributed by atoms with Gasteiger partial charge in [-0.25, -0.2) is 4.98 Å². The van der Waals surface area contributed by atoms with Crippen LogP contribution in [0.4, 0.5) is 5.82 Å². The predicted molar refractivity (Wildman–Crippen MR) is 107 cm³/mol. The summed E-state index contributed by atoms with van der Waals surface area (Å²) in [6.45, 7) is 4.23. The zero-order chi connectivity index (χ0) is 18.2. The summed E-state index contributed by atoms with van der Waals surface area (Å²) in [6, 6.07) is 15.6. The number of nitrogens with zero attached hydrogens (tertiary/aromatic N) is 4. The van der Waals surface area contributed by atoms with Crippen molar-refractivity contribution < 1.29 is 4.21 Å². The van der Waals surface area contributed by atoms with Gasteiger partial charge in [0, 0.05) is 56.6 Å². The van der Waals surface area contributed by atoms with Crippen molar-refractivity contribution in [1.82, 2.24) is 15.2 Å². The smallest absolute Gasteiger partial charge is 0.193 e. The standard InChI is InChI=1S/C19H25N5OS/c1-20-19(22-11-16-26(25)17-7-3-2-4-8-17)24-14-12-23(13-15-24)18-9-5-6-10-21-18/h2-10H,11-16H2,1H3,(H,20,22). The molecule has 1 fully saturated rings. The molecule has 0 saturated carbocycles. The van der Waals surface area contributed by atoms with Crippen LogP contribution in [0, 0.1) is 0 Å². The second-order valence-electron chi connectivity index (χ2n) is 6.00. The molecule has 6 nitrogen and oxygen atoms in total. The Hall–Kier alpha value is -2.41. The molecule has 3 rings (SSSR count). The number of rotatable bonds is 5. The summed E-state index contributed by atoms with van der Waals surface area (Å²) in [6.07, 6.45) is 1.83. The SMILES string of the molecule is CN=C(NCCS(=O)c1ccccc1)N1CCN(c2ccccn2)CC1. The minimum Gasteiger partial charge on any atom is -0.355 e. The number of guanidine groups is 1. The Kier molecular flexibility index (Phi) is 6.60. The van der Waals surface area contributed by atoms with Gasteiger partial charge in [-0.05, 0) is 24.3 Å². The number of nitrogens with one attached hydrogen (secondary N) is 1. The maximum atomic E-state index is 12.3. The molecule has 26 heavy (non-hydrogen) atoms. The third-order valence-electron chi connectivity index (χ3n) is 4.34. The summed E-state index contributed by atoms with van der Waals surface area (Å²) in [5, 5.41) is 3.34. The molecule has 1 N–H and O–H groups in total. The number of aliphatic imine (C=N–C) groups is 1. The average molecular weight is 372 g/mol. The van der Waals surface area contributed by atoms with Crippen molar-refractivity contribution in [1.29, 1.82) is 0 Å². The topological polar surface area (TPSA) is 60.8 Å². The first-order chi connectivity index (χ1) is 12.8. The molecular weight excluding hydrogens is 346 g/mol. The second-order valence-corrected chi connectivity index (χ2v) is 7.57. The summed E-state index contributed by atoms with van der Waals surface area (Å²) in [7, 11) is 0.803. The number of pyridine rings is 1. The van der Waals surface area contributed by atoms with Gasteiger partial charge >= 0.3 is 0 Å². The molecule has 0 radical (unpaired) electrons. The molecule has 0 amide bonds. The summed E-state index contributed by atoms with van der Waals surface area (Å²) >= 11 is 0. The van der Waals surface area contributed by atoms with Crippen molar-refractivity contribution in [3.63, 3.8) is 0 Å². The first kappa shape index (κ1) is 18.4. The Labute approximate surface area is 157 Å². The minimum absolute atomic E-state index is 0.566. The molecule has 138 valence electrons. The molecule has 1 unspecified atom stereocenters. The first-order valence-electron chi connectivity index (χ1n) is 8.83. The Balaban J connectivity index is 1.46. The van der Waals surface area contributed by atoms with Gasteiger partial charge in [0.15, 0.2) is 5.96 Å². The number of piperazine rings is 1. The molecule has 1 atom stereocenters. The van der Waals surface area contributed by atoms with Crippen LogP contribution in [0.2, 0.25) is 0 Å². The van der Waals surface area contributed by atoms with Crippen molar-refractivity contribution in [3.8, 4) is 0 Å². The van der Waals surface area contributed by atoms with Crippen molar-refractivity contribution in [3.05, 3.63) is 54.7 Å². The van der Waals surface area contributed by atoms with Gasteiger partial charge in [0.2, 0.25) is 0 Å². The molecule has 1 aromatic carbocycles. The summed E-state index contributed by atoms with van der Waals surface area (Å²) < 4.78 is 12.3. The molecule has 7 heteroatoms. The Morgan fingerprint density at radius 3 is 2.50 bits per heavy atom. The maximum Gasteiger partial charge on any atom is 0.193 e. The molecule has 1 aliphatic heterocycles. The Bertz CT molecular complexity index is 730. The fourth-order valence-corrected chi connectivity index (χ4v) is 3.95.